The highest BCUT2D eigenvalue weighted by atomic mass is 16.6. The van der Waals surface area contributed by atoms with Crippen LogP contribution < -0.4 is 5.32 Å². The molecule has 1 amide bonds. The number of carbonyl (C=O) groups excluding carboxylic acids is 4. The van der Waals surface area contributed by atoms with E-state index < -0.39 is 16.4 Å². The van der Waals surface area contributed by atoms with E-state index in [4.69, 9.17) is 9.47 Å². The zero-order chi connectivity index (χ0) is 40.5. The van der Waals surface area contributed by atoms with Gasteiger partial charge < -0.3 is 14.8 Å². The van der Waals surface area contributed by atoms with E-state index in [-0.39, 0.29) is 52.4 Å². The number of hydrogen-bond acceptors (Lipinski definition) is 7. The van der Waals surface area contributed by atoms with Crippen molar-refractivity contribution in [2.75, 3.05) is 5.32 Å². The van der Waals surface area contributed by atoms with Gasteiger partial charge in [0.1, 0.15) is 17.5 Å². The van der Waals surface area contributed by atoms with Crippen molar-refractivity contribution in [3.63, 3.8) is 0 Å². The molecule has 0 bridgehead atoms. The van der Waals surface area contributed by atoms with Gasteiger partial charge in [0, 0.05) is 35.1 Å². The monoisotopic (exact) mass is 757 g/mol. The zero-order valence-corrected chi connectivity index (χ0v) is 35.8. The van der Waals surface area contributed by atoms with E-state index >= 15 is 0 Å². The molecule has 0 aliphatic heterocycles. The van der Waals surface area contributed by atoms with Crippen LogP contribution in [0.5, 0.6) is 0 Å². The standard InChI is InChI=1S/C47H68N2O6/c1-28-25-34(54-37(52)27-44(8,9)41(53)55-43(5,6)7)45(10,11)31-18-21-46(12)30-19-22-47(23-20-36(51)49-35-15-13-14-24-48-35)26-33(50)40(42(2,3)4)39(47)29(30)16-17-32(46)38(28)31/h13-15,20,23-24,28-32,34,38H,16-19,21-22,25-27H2,1-12H3,(H,48,49,51)/b23-20+/t28?,29-,30+,31+,32+,34-,38-,46-,47+/m0/s1. The summed E-state index contributed by atoms with van der Waals surface area (Å²) in [7, 11) is 0. The fourth-order valence-corrected chi connectivity index (χ4v) is 12.3. The van der Waals surface area contributed by atoms with Gasteiger partial charge in [-0.05, 0) is 144 Å². The summed E-state index contributed by atoms with van der Waals surface area (Å²) in [5, 5.41) is 2.90. The number of ether oxygens (including phenoxy) is 2. The van der Waals surface area contributed by atoms with E-state index in [1.807, 2.05) is 32.9 Å². The van der Waals surface area contributed by atoms with Gasteiger partial charge in [0.25, 0.3) is 0 Å². The second-order valence-electron chi connectivity index (χ2n) is 21.6. The zero-order valence-electron chi connectivity index (χ0n) is 35.8. The number of hydrogen-bond donors (Lipinski definition) is 1. The van der Waals surface area contributed by atoms with E-state index in [1.165, 1.54) is 5.57 Å². The summed E-state index contributed by atoms with van der Waals surface area (Å²) in [5.41, 5.74) is -0.0765. The molecule has 5 aliphatic rings. The molecule has 0 radical (unpaired) electrons. The van der Waals surface area contributed by atoms with Gasteiger partial charge in [-0.2, -0.15) is 0 Å². The number of anilines is 1. The van der Waals surface area contributed by atoms with Gasteiger partial charge in [0.05, 0.1) is 11.8 Å². The normalized spacial score (nSPS) is 34.6. The average Bonchev–Trinajstić information content (AvgIpc) is 3.38. The number of fused-ring (bicyclic) bond motifs is 7. The molecule has 8 nitrogen and oxygen atoms in total. The number of nitrogens with one attached hydrogen (secondary N) is 1. The van der Waals surface area contributed by atoms with Crippen LogP contribution >= 0.6 is 0 Å². The molecule has 4 saturated carbocycles. The van der Waals surface area contributed by atoms with Crippen LogP contribution in [0.25, 0.3) is 0 Å². The van der Waals surface area contributed by atoms with Crippen LogP contribution in [0.1, 0.15) is 141 Å². The van der Waals surface area contributed by atoms with Gasteiger partial charge in [-0.1, -0.05) is 60.6 Å². The summed E-state index contributed by atoms with van der Waals surface area (Å²) < 4.78 is 12.0. The second-order valence-corrected chi connectivity index (χ2v) is 21.6. The highest BCUT2D eigenvalue weighted by Crippen LogP contribution is 2.71. The Balaban J connectivity index is 1.23. The Morgan fingerprint density at radius 1 is 0.927 bits per heavy atom. The second kappa shape index (κ2) is 14.3. The fourth-order valence-electron chi connectivity index (χ4n) is 12.3. The van der Waals surface area contributed by atoms with Crippen LogP contribution in [0.4, 0.5) is 5.82 Å². The SMILES string of the molecule is CC1C[C@H](OC(=O)CC(C)(C)C(=O)OC(C)(C)C)C(C)(C)[C@@H]2CC[C@]3(C)[C@H](CC[C@@H]4C5=C(C(C)(C)C)C(=O)C[C@]5(/C=C/C(=O)Nc5ccccn5)CC[C@H]43)[C@@H]12. The highest BCUT2D eigenvalue weighted by molar-refractivity contribution is 6.03. The van der Waals surface area contributed by atoms with Crippen molar-refractivity contribution in [1.82, 2.24) is 4.98 Å². The first-order valence-electron chi connectivity index (χ1n) is 21.0. The van der Waals surface area contributed by atoms with Gasteiger partial charge in [-0.25, -0.2) is 4.98 Å². The van der Waals surface area contributed by atoms with Crippen molar-refractivity contribution in [3.8, 4) is 0 Å². The minimum absolute atomic E-state index is 0.0127. The van der Waals surface area contributed by atoms with Gasteiger partial charge in [0.15, 0.2) is 5.78 Å². The Morgan fingerprint density at radius 3 is 2.25 bits per heavy atom. The smallest absolute Gasteiger partial charge is 0.312 e. The van der Waals surface area contributed by atoms with Crippen LogP contribution in [0.3, 0.4) is 0 Å². The first-order valence-corrected chi connectivity index (χ1v) is 21.0. The van der Waals surface area contributed by atoms with Crippen LogP contribution in [0, 0.1) is 62.6 Å². The maximum absolute atomic E-state index is 14.1. The summed E-state index contributed by atoms with van der Waals surface area (Å²) in [4.78, 5) is 58.0. The molecule has 9 atom stereocenters. The minimum atomic E-state index is -0.978. The molecule has 8 heteroatoms. The summed E-state index contributed by atoms with van der Waals surface area (Å²) in [6.07, 6.45) is 12.7. The summed E-state index contributed by atoms with van der Waals surface area (Å²) in [6.45, 7) is 25.1. The molecule has 6 rings (SSSR count). The number of rotatable bonds is 7. The van der Waals surface area contributed by atoms with E-state index in [0.29, 0.717) is 47.7 Å². The topological polar surface area (TPSA) is 112 Å². The predicted octanol–water partition coefficient (Wildman–Crippen LogP) is 10.1. The Labute approximate surface area is 330 Å². The van der Waals surface area contributed by atoms with Gasteiger partial charge >= 0.3 is 11.9 Å². The summed E-state index contributed by atoms with van der Waals surface area (Å²) in [5.74, 6) is 2.48. The molecule has 0 saturated heterocycles. The maximum Gasteiger partial charge on any atom is 0.312 e. The Bertz CT molecular complexity index is 1740. The van der Waals surface area contributed by atoms with E-state index in [9.17, 15) is 19.2 Å². The van der Waals surface area contributed by atoms with Crippen molar-refractivity contribution < 1.29 is 28.7 Å². The quantitative estimate of drug-likeness (QED) is 0.218. The van der Waals surface area contributed by atoms with Crippen LogP contribution in [0.2, 0.25) is 0 Å². The molecule has 4 fully saturated rings. The molecular weight excluding hydrogens is 689 g/mol. The summed E-state index contributed by atoms with van der Waals surface area (Å²) in [6, 6.07) is 5.45. The van der Waals surface area contributed by atoms with Crippen LogP contribution in [-0.2, 0) is 28.7 Å². The first kappa shape index (κ1) is 41.3. The minimum Gasteiger partial charge on any atom is -0.462 e. The van der Waals surface area contributed by atoms with Gasteiger partial charge in [-0.15, -0.1) is 0 Å². The third-order valence-corrected chi connectivity index (χ3v) is 14.8. The van der Waals surface area contributed by atoms with Crippen molar-refractivity contribution in [2.45, 2.75) is 153 Å². The van der Waals surface area contributed by atoms with Crippen LogP contribution in [-0.4, -0.2) is 40.3 Å². The Morgan fingerprint density at radius 2 is 1.62 bits per heavy atom. The van der Waals surface area contributed by atoms with Crippen molar-refractivity contribution in [1.29, 1.82) is 0 Å². The molecule has 1 aromatic rings. The first-order chi connectivity index (χ1) is 25.4. The third-order valence-electron chi connectivity index (χ3n) is 14.8. The lowest BCUT2D eigenvalue weighted by molar-refractivity contribution is -0.197. The molecule has 55 heavy (non-hydrogen) atoms. The molecule has 5 aliphatic carbocycles. The molecule has 0 aromatic carbocycles. The Hall–Kier alpha value is -3.29. The average molecular weight is 757 g/mol. The lowest BCUT2D eigenvalue weighted by atomic mass is 9.39. The van der Waals surface area contributed by atoms with Gasteiger partial charge in [0.2, 0.25) is 5.91 Å². The largest absolute Gasteiger partial charge is 0.462 e. The van der Waals surface area contributed by atoms with E-state index in [2.05, 4.69) is 64.8 Å². The number of carbonyl (C=O) groups is 4. The number of nitrogens with zero attached hydrogens (tertiary/aromatic N) is 1. The fraction of sp³-hybridized carbons (Fsp3) is 0.723. The van der Waals surface area contributed by atoms with Gasteiger partial charge in [-0.3, -0.25) is 19.2 Å². The number of ketones is 1. The molecule has 1 aromatic heterocycles. The molecule has 302 valence electrons. The maximum atomic E-state index is 14.1. The molecule has 1 heterocycles. The Kier molecular flexibility index (Phi) is 10.7. The third kappa shape index (κ3) is 7.74. The lowest BCUT2D eigenvalue weighted by Gasteiger charge is -2.66. The number of aromatic nitrogens is 1. The lowest BCUT2D eigenvalue weighted by Crippen LogP contribution is -2.60. The number of allylic oxidation sites excluding steroid dienone is 3. The molecule has 0 spiro atoms. The highest BCUT2D eigenvalue weighted by Gasteiger charge is 2.64. The molecular formula is C47H68N2O6. The number of esters is 2. The van der Waals surface area contributed by atoms with Crippen molar-refractivity contribution in [2.24, 2.45) is 62.6 Å². The van der Waals surface area contributed by atoms with E-state index in [1.54, 1.807) is 32.2 Å². The molecule has 1 unspecified atom stereocenters. The van der Waals surface area contributed by atoms with Crippen molar-refractivity contribution >= 4 is 29.4 Å². The van der Waals surface area contributed by atoms with E-state index in [0.717, 1.165) is 50.5 Å². The number of amides is 1. The van der Waals surface area contributed by atoms with Crippen molar-refractivity contribution in [3.05, 3.63) is 47.7 Å². The number of pyridine rings is 1. The summed E-state index contributed by atoms with van der Waals surface area (Å²) >= 11 is 0. The predicted molar refractivity (Wildman–Crippen MR) is 215 cm³/mol. The molecule has 1 N–H and O–H groups in total. The van der Waals surface area contributed by atoms with Crippen LogP contribution in [0.15, 0.2) is 47.7 Å². The number of Topliss-reactive ketones (excluding diaryl/α,β-unsaturated/α-hetero) is 1.